The van der Waals surface area contributed by atoms with Crippen molar-refractivity contribution in [2.75, 3.05) is 6.61 Å². The van der Waals surface area contributed by atoms with E-state index >= 15 is 0 Å². The van der Waals surface area contributed by atoms with Crippen molar-refractivity contribution in [2.24, 2.45) is 0 Å². The van der Waals surface area contributed by atoms with Crippen LogP contribution in [0.1, 0.15) is 20.3 Å². The van der Waals surface area contributed by atoms with Crippen LogP contribution in [-0.4, -0.2) is 28.6 Å². The fourth-order valence-corrected chi connectivity index (χ4v) is 0.814. The Morgan fingerprint density at radius 3 is 2.55 bits per heavy atom. The number of aliphatic hydroxyl groups is 1. The van der Waals surface area contributed by atoms with Crippen molar-refractivity contribution in [1.29, 1.82) is 0 Å². The minimum atomic E-state index is -1.04. The Labute approximate surface area is 74.9 Å². The molecule has 2 atom stereocenters. The summed E-state index contributed by atoms with van der Waals surface area (Å²) >= 11 is 3.16. The van der Waals surface area contributed by atoms with Gasteiger partial charge in [0.1, 0.15) is 0 Å². The smallest absolute Gasteiger partial charge is 0.336 e. The number of aliphatic hydroxyl groups excluding tert-OH is 1. The molecule has 0 spiro atoms. The van der Waals surface area contributed by atoms with Gasteiger partial charge in [-0.3, -0.25) is 0 Å². The van der Waals surface area contributed by atoms with Crippen LogP contribution in [0.4, 0.5) is 0 Å². The lowest BCUT2D eigenvalue weighted by atomic mass is 10.2. The number of carbonyl (C=O) groups is 1. The molecular weight excluding hydrogens is 212 g/mol. The second-order valence-corrected chi connectivity index (χ2v) is 3.30. The average Bonchev–Trinajstić information content (AvgIpc) is 2.02. The summed E-state index contributed by atoms with van der Waals surface area (Å²) in [5.41, 5.74) is 0. The minimum absolute atomic E-state index is 0.207. The number of alkyl halides is 1. The van der Waals surface area contributed by atoms with Crippen LogP contribution in [-0.2, 0) is 9.53 Å². The third-order valence-corrected chi connectivity index (χ3v) is 2.41. The molecule has 0 radical (unpaired) electrons. The molecule has 0 aliphatic heterocycles. The first-order valence-electron chi connectivity index (χ1n) is 3.62. The molecule has 0 aromatic carbocycles. The maximum absolute atomic E-state index is 10.8. The summed E-state index contributed by atoms with van der Waals surface area (Å²) in [6, 6.07) is 0. The van der Waals surface area contributed by atoms with E-state index in [1.165, 1.54) is 0 Å². The molecule has 0 heterocycles. The van der Waals surface area contributed by atoms with E-state index in [-0.39, 0.29) is 4.83 Å². The molecule has 0 fully saturated rings. The van der Waals surface area contributed by atoms with Crippen molar-refractivity contribution < 1.29 is 14.6 Å². The molecule has 4 heteroatoms. The first-order valence-corrected chi connectivity index (χ1v) is 4.53. The van der Waals surface area contributed by atoms with E-state index in [4.69, 9.17) is 0 Å². The van der Waals surface area contributed by atoms with Crippen molar-refractivity contribution in [3.8, 4) is 0 Å². The summed E-state index contributed by atoms with van der Waals surface area (Å²) in [5.74, 6) is -0.559. The highest BCUT2D eigenvalue weighted by atomic mass is 79.9. The fourth-order valence-electron chi connectivity index (χ4n) is 0.599. The lowest BCUT2D eigenvalue weighted by Crippen LogP contribution is -2.31. The van der Waals surface area contributed by atoms with E-state index < -0.39 is 12.1 Å². The number of ether oxygens (including phenoxy) is 1. The second-order valence-electron chi connectivity index (χ2n) is 2.12. The molecule has 3 nitrogen and oxygen atoms in total. The molecule has 0 saturated carbocycles. The zero-order valence-electron chi connectivity index (χ0n) is 6.71. The first-order chi connectivity index (χ1) is 5.13. The zero-order chi connectivity index (χ0) is 8.85. The van der Waals surface area contributed by atoms with Crippen LogP contribution in [0.2, 0.25) is 0 Å². The number of hydrogen-bond donors (Lipinski definition) is 1. The molecule has 0 aliphatic rings. The van der Waals surface area contributed by atoms with Gasteiger partial charge in [-0.1, -0.05) is 22.9 Å². The van der Waals surface area contributed by atoms with Gasteiger partial charge in [-0.15, -0.1) is 0 Å². The fraction of sp³-hybridized carbons (Fsp3) is 0.857. The van der Waals surface area contributed by atoms with Crippen LogP contribution in [0.5, 0.6) is 0 Å². The van der Waals surface area contributed by atoms with Crippen LogP contribution >= 0.6 is 15.9 Å². The number of rotatable bonds is 4. The van der Waals surface area contributed by atoms with Gasteiger partial charge in [0.15, 0.2) is 6.10 Å². The Kier molecular flexibility index (Phi) is 5.50. The van der Waals surface area contributed by atoms with E-state index in [9.17, 15) is 9.90 Å². The van der Waals surface area contributed by atoms with E-state index in [1.807, 2.05) is 6.92 Å². The van der Waals surface area contributed by atoms with E-state index in [1.54, 1.807) is 6.92 Å². The van der Waals surface area contributed by atoms with Crippen LogP contribution in [0.25, 0.3) is 0 Å². The molecule has 0 amide bonds. The number of halogens is 1. The molecule has 0 bridgehead atoms. The van der Waals surface area contributed by atoms with Gasteiger partial charge in [-0.2, -0.15) is 0 Å². The first kappa shape index (κ1) is 10.9. The molecule has 0 aromatic rings. The van der Waals surface area contributed by atoms with Gasteiger partial charge in [0.2, 0.25) is 0 Å². The Morgan fingerprint density at radius 2 is 2.18 bits per heavy atom. The highest BCUT2D eigenvalue weighted by Gasteiger charge is 2.23. The Balaban J connectivity index is 3.80. The molecule has 0 aromatic heterocycles. The predicted octanol–water partition coefficient (Wildman–Crippen LogP) is 1.08. The Bertz CT molecular complexity index is 127. The van der Waals surface area contributed by atoms with E-state index in [0.29, 0.717) is 13.0 Å². The standard InChI is InChI=1S/C7H13BrO3/c1-3-5(8)6(9)7(10)11-4-2/h5-6,9H,3-4H2,1-2H3/t5-,6-/m1/s1. The minimum Gasteiger partial charge on any atom is -0.464 e. The van der Waals surface area contributed by atoms with E-state index in [0.717, 1.165) is 0 Å². The van der Waals surface area contributed by atoms with Gasteiger partial charge < -0.3 is 9.84 Å². The average molecular weight is 225 g/mol. The van der Waals surface area contributed by atoms with E-state index in [2.05, 4.69) is 20.7 Å². The monoisotopic (exact) mass is 224 g/mol. The molecule has 11 heavy (non-hydrogen) atoms. The number of esters is 1. The summed E-state index contributed by atoms with van der Waals surface area (Å²) in [6.45, 7) is 3.89. The lowest BCUT2D eigenvalue weighted by molar-refractivity contribution is -0.152. The van der Waals surface area contributed by atoms with Gasteiger partial charge in [-0.25, -0.2) is 4.79 Å². The normalized spacial score (nSPS) is 15.6. The maximum atomic E-state index is 10.8. The lowest BCUT2D eigenvalue weighted by Gasteiger charge is -2.13. The van der Waals surface area contributed by atoms with Crippen molar-refractivity contribution in [2.45, 2.75) is 31.2 Å². The van der Waals surface area contributed by atoms with Crippen LogP contribution < -0.4 is 0 Å². The van der Waals surface area contributed by atoms with Crippen molar-refractivity contribution in [3.63, 3.8) is 0 Å². The molecule has 0 saturated heterocycles. The summed E-state index contributed by atoms with van der Waals surface area (Å²) in [5, 5.41) is 9.20. The Morgan fingerprint density at radius 1 is 1.64 bits per heavy atom. The SMILES string of the molecule is CCOC(=O)[C@H](O)[C@H](Br)CC. The zero-order valence-corrected chi connectivity index (χ0v) is 8.30. The van der Waals surface area contributed by atoms with Crippen LogP contribution in [0.3, 0.4) is 0 Å². The summed E-state index contributed by atoms with van der Waals surface area (Å²) in [4.78, 5) is 10.6. The van der Waals surface area contributed by atoms with Crippen molar-refractivity contribution in [1.82, 2.24) is 0 Å². The number of hydrogen-bond acceptors (Lipinski definition) is 3. The number of carbonyl (C=O) groups excluding carboxylic acids is 1. The third-order valence-electron chi connectivity index (χ3n) is 1.26. The second kappa shape index (κ2) is 5.55. The molecular formula is C7H13BrO3. The summed E-state index contributed by atoms with van der Waals surface area (Å²) in [6.07, 6.45) is -0.347. The Hall–Kier alpha value is -0.0900. The van der Waals surface area contributed by atoms with Gasteiger partial charge in [-0.05, 0) is 13.3 Å². The highest BCUT2D eigenvalue weighted by molar-refractivity contribution is 9.09. The summed E-state index contributed by atoms with van der Waals surface area (Å²) < 4.78 is 4.61. The molecule has 0 rings (SSSR count). The molecule has 0 aliphatic carbocycles. The predicted molar refractivity (Wildman–Crippen MR) is 45.6 cm³/mol. The molecule has 0 unspecified atom stereocenters. The van der Waals surface area contributed by atoms with Gasteiger partial charge in [0.25, 0.3) is 0 Å². The highest BCUT2D eigenvalue weighted by Crippen LogP contribution is 2.10. The van der Waals surface area contributed by atoms with Crippen molar-refractivity contribution >= 4 is 21.9 Å². The maximum Gasteiger partial charge on any atom is 0.336 e. The quantitative estimate of drug-likeness (QED) is 0.575. The third kappa shape index (κ3) is 3.72. The van der Waals surface area contributed by atoms with Crippen LogP contribution in [0.15, 0.2) is 0 Å². The van der Waals surface area contributed by atoms with Crippen molar-refractivity contribution in [3.05, 3.63) is 0 Å². The largest absolute Gasteiger partial charge is 0.464 e. The molecule has 66 valence electrons. The van der Waals surface area contributed by atoms with Gasteiger partial charge in [0, 0.05) is 0 Å². The van der Waals surface area contributed by atoms with Gasteiger partial charge >= 0.3 is 5.97 Å². The van der Waals surface area contributed by atoms with Crippen LogP contribution in [0, 0.1) is 0 Å². The topological polar surface area (TPSA) is 46.5 Å². The van der Waals surface area contributed by atoms with Gasteiger partial charge in [0.05, 0.1) is 11.4 Å². The molecule has 1 N–H and O–H groups in total. The summed E-state index contributed by atoms with van der Waals surface area (Å²) in [7, 11) is 0.